The van der Waals surface area contributed by atoms with E-state index in [1.807, 2.05) is 18.2 Å². The molecule has 0 spiro atoms. The van der Waals surface area contributed by atoms with Gasteiger partial charge in [-0.3, -0.25) is 4.57 Å². The quantitative estimate of drug-likeness (QED) is 0.868. The summed E-state index contributed by atoms with van der Waals surface area (Å²) in [4.78, 5) is 11.6. The van der Waals surface area contributed by atoms with Gasteiger partial charge in [0.15, 0.2) is 5.82 Å². The molecular formula is C11H10ClN3O. The van der Waals surface area contributed by atoms with Crippen LogP contribution in [0.3, 0.4) is 0 Å². The van der Waals surface area contributed by atoms with Crippen molar-refractivity contribution in [3.8, 4) is 11.4 Å². The number of nitrogens with one attached hydrogen (secondary N) is 1. The van der Waals surface area contributed by atoms with E-state index in [-0.39, 0.29) is 11.7 Å². The van der Waals surface area contributed by atoms with Crippen molar-refractivity contribution in [2.75, 3.05) is 0 Å². The number of rotatable bonds is 2. The van der Waals surface area contributed by atoms with Crippen LogP contribution in [-0.4, -0.2) is 14.8 Å². The maximum Gasteiger partial charge on any atom is 0.343 e. The molecule has 1 fully saturated rings. The van der Waals surface area contributed by atoms with Gasteiger partial charge in [-0.05, 0) is 25.0 Å². The highest BCUT2D eigenvalue weighted by molar-refractivity contribution is 6.33. The summed E-state index contributed by atoms with van der Waals surface area (Å²) in [6.45, 7) is 0. The minimum atomic E-state index is -0.155. The molecule has 3 rings (SSSR count). The van der Waals surface area contributed by atoms with Crippen LogP contribution in [0.4, 0.5) is 0 Å². The number of aromatic amines is 1. The summed E-state index contributed by atoms with van der Waals surface area (Å²) < 4.78 is 1.70. The molecule has 1 aliphatic rings. The molecule has 0 atom stereocenters. The molecule has 0 saturated heterocycles. The second-order valence-corrected chi connectivity index (χ2v) is 4.34. The van der Waals surface area contributed by atoms with Crippen LogP contribution < -0.4 is 5.69 Å². The molecule has 0 unspecified atom stereocenters. The molecule has 1 aliphatic carbocycles. The Morgan fingerprint density at radius 2 is 2.12 bits per heavy atom. The van der Waals surface area contributed by atoms with Gasteiger partial charge < -0.3 is 0 Å². The van der Waals surface area contributed by atoms with Gasteiger partial charge >= 0.3 is 5.69 Å². The fourth-order valence-electron chi connectivity index (χ4n) is 1.81. The smallest absolute Gasteiger partial charge is 0.272 e. The highest BCUT2D eigenvalue weighted by Gasteiger charge is 2.29. The molecule has 1 saturated carbocycles. The molecule has 5 heteroatoms. The van der Waals surface area contributed by atoms with Crippen LogP contribution in [-0.2, 0) is 0 Å². The molecule has 0 amide bonds. The molecule has 0 bridgehead atoms. The molecule has 1 heterocycles. The summed E-state index contributed by atoms with van der Waals surface area (Å²) in [6, 6.07) is 7.71. The standard InChI is InChI=1S/C11H10ClN3O/c12-9-4-2-1-3-8(9)10-13-14-11(16)15(10)7-5-6-7/h1-4,7H,5-6H2,(H,14,16). The number of H-pyrrole nitrogens is 1. The number of aromatic nitrogens is 3. The van der Waals surface area contributed by atoms with Crippen molar-refractivity contribution < 1.29 is 0 Å². The van der Waals surface area contributed by atoms with Crippen molar-refractivity contribution in [3.05, 3.63) is 39.8 Å². The lowest BCUT2D eigenvalue weighted by Crippen LogP contribution is -2.16. The van der Waals surface area contributed by atoms with Crippen LogP contribution in [0.5, 0.6) is 0 Å². The predicted octanol–water partition coefficient (Wildman–Crippen LogP) is 2.23. The lowest BCUT2D eigenvalue weighted by molar-refractivity contribution is 0.716. The highest BCUT2D eigenvalue weighted by Crippen LogP contribution is 2.37. The van der Waals surface area contributed by atoms with Crippen molar-refractivity contribution in [2.45, 2.75) is 18.9 Å². The summed E-state index contributed by atoms with van der Waals surface area (Å²) in [6.07, 6.45) is 2.08. The third-order valence-electron chi connectivity index (χ3n) is 2.73. The van der Waals surface area contributed by atoms with Crippen LogP contribution in [0.2, 0.25) is 5.02 Å². The van der Waals surface area contributed by atoms with Crippen LogP contribution in [0, 0.1) is 0 Å². The van der Waals surface area contributed by atoms with Gasteiger partial charge in [-0.25, -0.2) is 9.89 Å². The van der Waals surface area contributed by atoms with E-state index in [9.17, 15) is 4.79 Å². The second-order valence-electron chi connectivity index (χ2n) is 3.93. The molecule has 82 valence electrons. The van der Waals surface area contributed by atoms with Crippen molar-refractivity contribution in [2.24, 2.45) is 0 Å². The fourth-order valence-corrected chi connectivity index (χ4v) is 2.03. The first-order valence-electron chi connectivity index (χ1n) is 5.19. The van der Waals surface area contributed by atoms with Gasteiger partial charge in [-0.15, -0.1) is 0 Å². The first kappa shape index (κ1) is 9.66. The molecule has 16 heavy (non-hydrogen) atoms. The van der Waals surface area contributed by atoms with Gasteiger partial charge in [-0.2, -0.15) is 5.10 Å². The molecular weight excluding hydrogens is 226 g/mol. The van der Waals surface area contributed by atoms with E-state index in [1.165, 1.54) is 0 Å². The van der Waals surface area contributed by atoms with Gasteiger partial charge in [0.2, 0.25) is 0 Å². The van der Waals surface area contributed by atoms with Crippen LogP contribution in [0.15, 0.2) is 29.1 Å². The Bertz CT molecular complexity index is 583. The summed E-state index contributed by atoms with van der Waals surface area (Å²) in [5, 5.41) is 7.15. The van der Waals surface area contributed by atoms with Crippen molar-refractivity contribution in [1.29, 1.82) is 0 Å². The minimum Gasteiger partial charge on any atom is -0.272 e. The van der Waals surface area contributed by atoms with Gasteiger partial charge in [0, 0.05) is 11.6 Å². The van der Waals surface area contributed by atoms with Gasteiger partial charge in [0.25, 0.3) is 0 Å². The number of benzene rings is 1. The third-order valence-corrected chi connectivity index (χ3v) is 3.06. The van der Waals surface area contributed by atoms with Gasteiger partial charge in [-0.1, -0.05) is 23.7 Å². The van der Waals surface area contributed by atoms with E-state index < -0.39 is 0 Å². The Morgan fingerprint density at radius 1 is 1.38 bits per heavy atom. The Morgan fingerprint density at radius 3 is 2.81 bits per heavy atom. The number of hydrogen-bond donors (Lipinski definition) is 1. The van der Waals surface area contributed by atoms with E-state index in [1.54, 1.807) is 10.6 Å². The Kier molecular flexibility index (Phi) is 2.11. The monoisotopic (exact) mass is 235 g/mol. The zero-order chi connectivity index (χ0) is 11.1. The molecule has 1 N–H and O–H groups in total. The van der Waals surface area contributed by atoms with E-state index >= 15 is 0 Å². The summed E-state index contributed by atoms with van der Waals surface area (Å²) in [7, 11) is 0. The number of halogens is 1. The average molecular weight is 236 g/mol. The zero-order valence-corrected chi connectivity index (χ0v) is 9.24. The van der Waals surface area contributed by atoms with E-state index in [2.05, 4.69) is 10.2 Å². The molecule has 2 aromatic rings. The van der Waals surface area contributed by atoms with Crippen molar-refractivity contribution in [1.82, 2.24) is 14.8 Å². The maximum atomic E-state index is 11.6. The largest absolute Gasteiger partial charge is 0.343 e. The normalized spacial score (nSPS) is 15.3. The Labute approximate surface area is 96.9 Å². The number of hydrogen-bond acceptors (Lipinski definition) is 2. The van der Waals surface area contributed by atoms with Crippen molar-refractivity contribution in [3.63, 3.8) is 0 Å². The maximum absolute atomic E-state index is 11.6. The topological polar surface area (TPSA) is 50.7 Å². The lowest BCUT2D eigenvalue weighted by atomic mass is 10.2. The lowest BCUT2D eigenvalue weighted by Gasteiger charge is -2.04. The average Bonchev–Trinajstić information content (AvgIpc) is 3.04. The second kappa shape index (κ2) is 3.49. The van der Waals surface area contributed by atoms with E-state index in [0.717, 1.165) is 18.4 Å². The molecule has 1 aromatic carbocycles. The van der Waals surface area contributed by atoms with Gasteiger partial charge in [0.05, 0.1) is 5.02 Å². The van der Waals surface area contributed by atoms with Gasteiger partial charge in [0.1, 0.15) is 0 Å². The van der Waals surface area contributed by atoms with Crippen LogP contribution in [0.1, 0.15) is 18.9 Å². The molecule has 1 aromatic heterocycles. The SMILES string of the molecule is O=c1[nH]nc(-c2ccccc2Cl)n1C1CC1. The third kappa shape index (κ3) is 1.46. The summed E-state index contributed by atoms with van der Waals surface area (Å²) in [5.74, 6) is 0.637. The Balaban J connectivity index is 2.20. The molecule has 0 aliphatic heterocycles. The molecule has 4 nitrogen and oxygen atoms in total. The van der Waals surface area contributed by atoms with E-state index in [0.29, 0.717) is 10.8 Å². The summed E-state index contributed by atoms with van der Waals surface area (Å²) >= 11 is 6.10. The summed E-state index contributed by atoms with van der Waals surface area (Å²) in [5.41, 5.74) is 0.645. The predicted molar refractivity (Wildman–Crippen MR) is 61.6 cm³/mol. The first-order chi connectivity index (χ1) is 7.77. The fraction of sp³-hybridized carbons (Fsp3) is 0.273. The van der Waals surface area contributed by atoms with Crippen LogP contribution >= 0.6 is 11.6 Å². The number of nitrogens with zero attached hydrogens (tertiary/aromatic N) is 2. The first-order valence-corrected chi connectivity index (χ1v) is 5.57. The Hall–Kier alpha value is -1.55. The highest BCUT2D eigenvalue weighted by atomic mass is 35.5. The van der Waals surface area contributed by atoms with E-state index in [4.69, 9.17) is 11.6 Å². The zero-order valence-electron chi connectivity index (χ0n) is 8.48. The van der Waals surface area contributed by atoms with Crippen molar-refractivity contribution >= 4 is 11.6 Å². The molecule has 0 radical (unpaired) electrons. The minimum absolute atomic E-state index is 0.155. The van der Waals surface area contributed by atoms with Crippen LogP contribution in [0.25, 0.3) is 11.4 Å².